The van der Waals surface area contributed by atoms with Crippen LogP contribution in [0.25, 0.3) is 0 Å². The first-order valence-electron chi connectivity index (χ1n) is 10.5. The molecule has 0 unspecified atom stereocenters. The molecule has 178 valence electrons. The second-order valence-electron chi connectivity index (χ2n) is 7.28. The van der Waals surface area contributed by atoms with E-state index in [4.69, 9.17) is 4.74 Å². The number of carbonyl (C=O) groups is 2. The maximum absolute atomic E-state index is 12.8. The highest BCUT2D eigenvalue weighted by Crippen LogP contribution is 2.32. The number of amides is 2. The zero-order chi connectivity index (χ0) is 23.8. The number of hydrogen-bond donors (Lipinski definition) is 1. The molecule has 3 rings (SSSR count). The Bertz CT molecular complexity index is 957. The molecular weight excluding hydrogens is 457 g/mol. The average Bonchev–Trinajstić information content (AvgIpc) is 3.05. The largest absolute Gasteiger partial charge is 0.462 e. The molecule has 2 aromatic rings. The first-order chi connectivity index (χ1) is 15.8. The lowest BCUT2D eigenvalue weighted by Crippen LogP contribution is -2.38. The predicted octanol–water partition coefficient (Wildman–Crippen LogP) is 4.66. The van der Waals surface area contributed by atoms with Gasteiger partial charge in [-0.3, -0.25) is 0 Å². The lowest BCUT2D eigenvalue weighted by molar-refractivity contribution is -0.105. The summed E-state index contributed by atoms with van der Waals surface area (Å²) in [6, 6.07) is 9.50. The van der Waals surface area contributed by atoms with Crippen molar-refractivity contribution in [3.63, 3.8) is 0 Å². The maximum Gasteiger partial charge on any atom is 0.398 e. The van der Waals surface area contributed by atoms with Crippen LogP contribution in [0, 0.1) is 0 Å². The zero-order valence-corrected chi connectivity index (χ0v) is 18.9. The van der Waals surface area contributed by atoms with Crippen molar-refractivity contribution in [2.24, 2.45) is 0 Å². The minimum Gasteiger partial charge on any atom is -0.462 e. The number of nitrogens with zero attached hydrogens (tertiary/aromatic N) is 3. The van der Waals surface area contributed by atoms with Crippen molar-refractivity contribution in [3.8, 4) is 0 Å². The molecule has 7 nitrogen and oxygen atoms in total. The first kappa shape index (κ1) is 24.7. The molecule has 0 spiro atoms. The molecule has 1 aromatic carbocycles. The highest BCUT2D eigenvalue weighted by molar-refractivity contribution is 7.99. The lowest BCUT2D eigenvalue weighted by Gasteiger charge is -2.23. The van der Waals surface area contributed by atoms with Crippen molar-refractivity contribution in [1.29, 1.82) is 0 Å². The fourth-order valence-electron chi connectivity index (χ4n) is 3.31. The molecule has 0 aliphatic carbocycles. The second-order valence-corrected chi connectivity index (χ2v) is 8.30. The Morgan fingerprint density at radius 2 is 1.91 bits per heavy atom. The molecule has 33 heavy (non-hydrogen) atoms. The number of ether oxygens (including phenoxy) is 1. The van der Waals surface area contributed by atoms with E-state index in [1.54, 1.807) is 48.2 Å². The summed E-state index contributed by atoms with van der Waals surface area (Å²) in [4.78, 5) is 33.0. The Kier molecular flexibility index (Phi) is 8.43. The molecule has 1 fully saturated rings. The van der Waals surface area contributed by atoms with Gasteiger partial charge in [-0.1, -0.05) is 12.1 Å². The van der Waals surface area contributed by atoms with Crippen molar-refractivity contribution < 1.29 is 27.5 Å². The van der Waals surface area contributed by atoms with Gasteiger partial charge in [0, 0.05) is 37.3 Å². The molecular formula is C22H25F3N4O3S. The number of nitrogens with one attached hydrogen (secondary N) is 1. The molecule has 1 aliphatic heterocycles. The molecule has 0 saturated carbocycles. The zero-order valence-electron chi connectivity index (χ0n) is 18.1. The van der Waals surface area contributed by atoms with E-state index < -0.39 is 17.9 Å². The highest BCUT2D eigenvalue weighted by atomic mass is 32.2. The van der Waals surface area contributed by atoms with Gasteiger partial charge < -0.3 is 19.9 Å². The van der Waals surface area contributed by atoms with Crippen LogP contribution < -0.4 is 10.2 Å². The van der Waals surface area contributed by atoms with E-state index in [0.29, 0.717) is 66.3 Å². The van der Waals surface area contributed by atoms with Gasteiger partial charge in [-0.2, -0.15) is 13.2 Å². The number of benzene rings is 1. The van der Waals surface area contributed by atoms with Crippen LogP contribution in [0.5, 0.6) is 0 Å². The summed E-state index contributed by atoms with van der Waals surface area (Å²) in [5.74, 6) is -0.760. The topological polar surface area (TPSA) is 74.8 Å². The SMILES string of the molecule is CCOC(=O)c1ccc(N2CCCN(C(=O)Nc3ccccc3SCC(F)(F)F)CC2)nc1. The van der Waals surface area contributed by atoms with E-state index in [0.717, 1.165) is 0 Å². The number of esters is 1. The van der Waals surface area contributed by atoms with Crippen LogP contribution in [-0.2, 0) is 4.74 Å². The predicted molar refractivity (Wildman–Crippen MR) is 121 cm³/mol. The number of anilines is 2. The van der Waals surface area contributed by atoms with Crippen LogP contribution in [0.4, 0.5) is 29.5 Å². The van der Waals surface area contributed by atoms with Crippen LogP contribution >= 0.6 is 11.8 Å². The van der Waals surface area contributed by atoms with Crippen molar-refractivity contribution in [2.75, 3.05) is 48.8 Å². The summed E-state index contributed by atoms with van der Waals surface area (Å²) >= 11 is 0.643. The van der Waals surface area contributed by atoms with Gasteiger partial charge in [0.2, 0.25) is 0 Å². The maximum atomic E-state index is 12.8. The van der Waals surface area contributed by atoms with E-state index in [1.165, 1.54) is 6.20 Å². The minimum atomic E-state index is -4.29. The van der Waals surface area contributed by atoms with Gasteiger partial charge in [-0.15, -0.1) is 11.8 Å². The van der Waals surface area contributed by atoms with Gasteiger partial charge in [0.15, 0.2) is 0 Å². The van der Waals surface area contributed by atoms with Crippen LogP contribution in [-0.4, -0.2) is 66.6 Å². The fraction of sp³-hybridized carbons (Fsp3) is 0.409. The number of pyridine rings is 1. The summed E-state index contributed by atoms with van der Waals surface area (Å²) in [7, 11) is 0. The molecule has 0 atom stereocenters. The third kappa shape index (κ3) is 7.28. The molecule has 0 bridgehead atoms. The quantitative estimate of drug-likeness (QED) is 0.477. The Labute approximate surface area is 194 Å². The van der Waals surface area contributed by atoms with Gasteiger partial charge in [-0.05, 0) is 37.6 Å². The van der Waals surface area contributed by atoms with Crippen LogP contribution in [0.2, 0.25) is 0 Å². The van der Waals surface area contributed by atoms with E-state index in [9.17, 15) is 22.8 Å². The standard InChI is InChI=1S/C22H25F3N4O3S/c1-2-32-20(30)16-8-9-19(26-14-16)28-10-5-11-29(13-12-28)21(31)27-17-6-3-4-7-18(17)33-15-22(23,24)25/h3-4,6-9,14H,2,5,10-13,15H2,1H3,(H,27,31). The van der Waals surface area contributed by atoms with Gasteiger partial charge in [0.05, 0.1) is 23.6 Å². The second kappa shape index (κ2) is 11.3. The summed E-state index contributed by atoms with van der Waals surface area (Å²) in [6.45, 7) is 4.15. The molecule has 2 amide bonds. The lowest BCUT2D eigenvalue weighted by atomic mass is 10.2. The number of para-hydroxylation sites is 1. The fourth-order valence-corrected chi connectivity index (χ4v) is 4.08. The number of aromatic nitrogens is 1. The highest BCUT2D eigenvalue weighted by Gasteiger charge is 2.28. The van der Waals surface area contributed by atoms with Crippen LogP contribution in [0.1, 0.15) is 23.7 Å². The van der Waals surface area contributed by atoms with Crippen LogP contribution in [0.3, 0.4) is 0 Å². The normalized spacial score (nSPS) is 14.5. The molecule has 1 aromatic heterocycles. The van der Waals surface area contributed by atoms with Crippen molar-refractivity contribution in [3.05, 3.63) is 48.2 Å². The third-order valence-corrected chi connectivity index (χ3v) is 6.02. The minimum absolute atomic E-state index is 0.288. The molecule has 1 N–H and O–H groups in total. The number of thioether (sulfide) groups is 1. The molecule has 11 heteroatoms. The van der Waals surface area contributed by atoms with E-state index in [1.807, 2.05) is 4.90 Å². The van der Waals surface area contributed by atoms with E-state index in [2.05, 4.69) is 10.3 Å². The summed E-state index contributed by atoms with van der Waals surface area (Å²) in [5, 5.41) is 2.74. The molecule has 0 radical (unpaired) electrons. The first-order valence-corrected chi connectivity index (χ1v) is 11.5. The Hall–Kier alpha value is -2.95. The number of carbonyl (C=O) groups excluding carboxylic acids is 2. The number of hydrogen-bond acceptors (Lipinski definition) is 6. The Balaban J connectivity index is 1.59. The van der Waals surface area contributed by atoms with E-state index >= 15 is 0 Å². The van der Waals surface area contributed by atoms with Gasteiger partial charge in [0.25, 0.3) is 0 Å². The molecule has 1 saturated heterocycles. The smallest absolute Gasteiger partial charge is 0.398 e. The number of alkyl halides is 3. The molecule has 2 heterocycles. The van der Waals surface area contributed by atoms with Gasteiger partial charge in [0.1, 0.15) is 5.82 Å². The van der Waals surface area contributed by atoms with Crippen molar-refractivity contribution in [2.45, 2.75) is 24.4 Å². The Morgan fingerprint density at radius 3 is 2.61 bits per heavy atom. The average molecular weight is 483 g/mol. The summed E-state index contributed by atoms with van der Waals surface area (Å²) in [6.07, 6.45) is -2.13. The van der Waals surface area contributed by atoms with Gasteiger partial charge >= 0.3 is 18.2 Å². The number of rotatable bonds is 6. The summed E-state index contributed by atoms with van der Waals surface area (Å²) in [5.41, 5.74) is 0.729. The number of urea groups is 1. The van der Waals surface area contributed by atoms with Crippen molar-refractivity contribution in [1.82, 2.24) is 9.88 Å². The monoisotopic (exact) mass is 482 g/mol. The van der Waals surface area contributed by atoms with Crippen LogP contribution in [0.15, 0.2) is 47.5 Å². The van der Waals surface area contributed by atoms with Gasteiger partial charge in [-0.25, -0.2) is 14.6 Å². The molecule has 1 aliphatic rings. The van der Waals surface area contributed by atoms with Crippen molar-refractivity contribution >= 4 is 35.3 Å². The number of halogens is 3. The summed E-state index contributed by atoms with van der Waals surface area (Å²) < 4.78 is 42.7. The Morgan fingerprint density at radius 1 is 1.12 bits per heavy atom. The third-order valence-electron chi connectivity index (χ3n) is 4.89. The van der Waals surface area contributed by atoms with E-state index in [-0.39, 0.29) is 12.6 Å².